The van der Waals surface area contributed by atoms with Gasteiger partial charge < -0.3 is 10.6 Å². The van der Waals surface area contributed by atoms with Gasteiger partial charge in [0.15, 0.2) is 0 Å². The molecule has 1 aliphatic heterocycles. The van der Waals surface area contributed by atoms with Gasteiger partial charge in [-0.3, -0.25) is 14.3 Å². The highest BCUT2D eigenvalue weighted by Gasteiger charge is 2.28. The van der Waals surface area contributed by atoms with Crippen molar-refractivity contribution in [2.24, 2.45) is 0 Å². The van der Waals surface area contributed by atoms with Crippen molar-refractivity contribution in [1.29, 1.82) is 0 Å². The molecule has 0 unspecified atom stereocenters. The van der Waals surface area contributed by atoms with Gasteiger partial charge in [-0.2, -0.15) is 5.10 Å². The van der Waals surface area contributed by atoms with Crippen LogP contribution in [-0.4, -0.2) is 34.2 Å². The number of amides is 2. The minimum atomic E-state index is -0.512. The number of aryl methyl sites for hydroxylation is 1. The van der Waals surface area contributed by atoms with Crippen LogP contribution in [0.4, 0.5) is 0 Å². The van der Waals surface area contributed by atoms with E-state index in [1.807, 2.05) is 31.3 Å². The van der Waals surface area contributed by atoms with E-state index < -0.39 is 6.04 Å². The van der Waals surface area contributed by atoms with E-state index in [9.17, 15) is 9.59 Å². The lowest BCUT2D eigenvalue weighted by Crippen LogP contribution is -2.51. The largest absolute Gasteiger partial charge is 0.352 e. The van der Waals surface area contributed by atoms with Gasteiger partial charge in [-0.1, -0.05) is 18.2 Å². The normalized spacial score (nSPS) is 16.8. The van der Waals surface area contributed by atoms with E-state index >= 15 is 0 Å². The molecule has 22 heavy (non-hydrogen) atoms. The van der Waals surface area contributed by atoms with Crippen LogP contribution in [0, 0.1) is 6.92 Å². The number of rotatable bonds is 4. The number of hydrogen-bond donors (Lipinski definition) is 2. The Balaban J connectivity index is 1.56. The highest BCUT2D eigenvalue weighted by Crippen LogP contribution is 2.16. The molecule has 3 rings (SSSR count). The summed E-state index contributed by atoms with van der Waals surface area (Å²) in [4.78, 5) is 24.2. The maximum Gasteiger partial charge on any atom is 0.252 e. The summed E-state index contributed by atoms with van der Waals surface area (Å²) in [5.74, 6) is -0.351. The molecule has 0 radical (unpaired) electrons. The van der Waals surface area contributed by atoms with Crippen molar-refractivity contribution in [2.45, 2.75) is 25.9 Å². The van der Waals surface area contributed by atoms with Crippen molar-refractivity contribution >= 4 is 11.8 Å². The van der Waals surface area contributed by atoms with Gasteiger partial charge in [0.25, 0.3) is 5.91 Å². The quantitative estimate of drug-likeness (QED) is 0.871. The van der Waals surface area contributed by atoms with E-state index in [-0.39, 0.29) is 11.8 Å². The third-order valence-corrected chi connectivity index (χ3v) is 3.71. The average Bonchev–Trinajstić information content (AvgIpc) is 2.92. The SMILES string of the molecule is Cc1cnn(CCNC(=O)[C@H]2Cc3ccccc3C(=O)N2)c1. The first kappa shape index (κ1) is 14.3. The lowest BCUT2D eigenvalue weighted by Gasteiger charge is -2.24. The van der Waals surface area contributed by atoms with Crippen molar-refractivity contribution in [3.05, 3.63) is 53.3 Å². The second-order valence-corrected chi connectivity index (χ2v) is 5.46. The van der Waals surface area contributed by atoms with Crippen molar-refractivity contribution in [2.75, 3.05) is 6.54 Å². The van der Waals surface area contributed by atoms with E-state index in [1.54, 1.807) is 16.9 Å². The Morgan fingerprint density at radius 1 is 1.45 bits per heavy atom. The number of benzene rings is 1. The summed E-state index contributed by atoms with van der Waals surface area (Å²) >= 11 is 0. The van der Waals surface area contributed by atoms with E-state index in [1.165, 1.54) is 0 Å². The van der Waals surface area contributed by atoms with Crippen molar-refractivity contribution < 1.29 is 9.59 Å². The van der Waals surface area contributed by atoms with Gasteiger partial charge in [-0.05, 0) is 24.1 Å². The Bertz CT molecular complexity index is 708. The van der Waals surface area contributed by atoms with Gasteiger partial charge in [0.2, 0.25) is 5.91 Å². The van der Waals surface area contributed by atoms with Crippen molar-refractivity contribution in [3.63, 3.8) is 0 Å². The Kier molecular flexibility index (Phi) is 3.91. The van der Waals surface area contributed by atoms with Crippen LogP contribution in [0.2, 0.25) is 0 Å². The fraction of sp³-hybridized carbons (Fsp3) is 0.312. The maximum atomic E-state index is 12.2. The Morgan fingerprint density at radius 3 is 3.05 bits per heavy atom. The van der Waals surface area contributed by atoms with Gasteiger partial charge >= 0.3 is 0 Å². The zero-order chi connectivity index (χ0) is 15.5. The molecule has 0 saturated heterocycles. The molecular weight excluding hydrogens is 280 g/mol. The topological polar surface area (TPSA) is 76.0 Å². The number of nitrogens with one attached hydrogen (secondary N) is 2. The van der Waals surface area contributed by atoms with Crippen LogP contribution >= 0.6 is 0 Å². The molecule has 0 bridgehead atoms. The molecule has 2 aromatic rings. The molecule has 6 nitrogen and oxygen atoms in total. The molecule has 2 heterocycles. The van der Waals surface area contributed by atoms with Gasteiger partial charge in [0, 0.05) is 24.7 Å². The van der Waals surface area contributed by atoms with E-state index in [2.05, 4.69) is 15.7 Å². The second kappa shape index (κ2) is 6.01. The van der Waals surface area contributed by atoms with Gasteiger partial charge in [0.1, 0.15) is 6.04 Å². The van der Waals surface area contributed by atoms with Crippen LogP contribution in [0.1, 0.15) is 21.5 Å². The number of fused-ring (bicyclic) bond motifs is 1. The highest BCUT2D eigenvalue weighted by atomic mass is 16.2. The van der Waals surface area contributed by atoms with Crippen LogP contribution in [0.25, 0.3) is 0 Å². The smallest absolute Gasteiger partial charge is 0.252 e. The number of hydrogen-bond acceptors (Lipinski definition) is 3. The fourth-order valence-corrected chi connectivity index (χ4v) is 2.59. The van der Waals surface area contributed by atoms with Gasteiger partial charge in [-0.25, -0.2) is 0 Å². The molecular formula is C16H18N4O2. The summed E-state index contributed by atoms with van der Waals surface area (Å²) in [7, 11) is 0. The minimum absolute atomic E-state index is 0.160. The minimum Gasteiger partial charge on any atom is -0.352 e. The Labute approximate surface area is 128 Å². The first-order chi connectivity index (χ1) is 10.6. The lowest BCUT2D eigenvalue weighted by atomic mass is 9.95. The molecule has 114 valence electrons. The number of carbonyl (C=O) groups is 2. The van der Waals surface area contributed by atoms with E-state index in [0.29, 0.717) is 25.1 Å². The van der Waals surface area contributed by atoms with E-state index in [0.717, 1.165) is 11.1 Å². The first-order valence-corrected chi connectivity index (χ1v) is 7.29. The monoisotopic (exact) mass is 298 g/mol. The maximum absolute atomic E-state index is 12.2. The molecule has 1 aromatic carbocycles. The van der Waals surface area contributed by atoms with Crippen molar-refractivity contribution in [1.82, 2.24) is 20.4 Å². The predicted molar refractivity (Wildman–Crippen MR) is 81.4 cm³/mol. The van der Waals surface area contributed by atoms with Crippen LogP contribution in [-0.2, 0) is 17.8 Å². The second-order valence-electron chi connectivity index (χ2n) is 5.46. The zero-order valence-electron chi connectivity index (χ0n) is 12.4. The third kappa shape index (κ3) is 3.00. The standard InChI is InChI=1S/C16H18N4O2/c1-11-9-18-20(10-11)7-6-17-16(22)14-8-12-4-2-3-5-13(12)15(21)19-14/h2-5,9-10,14H,6-8H2,1H3,(H,17,22)(H,19,21)/t14-/m1/s1. The molecule has 2 amide bonds. The fourth-order valence-electron chi connectivity index (χ4n) is 2.59. The summed E-state index contributed by atoms with van der Waals surface area (Å²) in [6.07, 6.45) is 4.22. The number of aromatic nitrogens is 2. The molecule has 0 saturated carbocycles. The molecule has 1 aromatic heterocycles. The van der Waals surface area contributed by atoms with Gasteiger partial charge in [-0.15, -0.1) is 0 Å². The molecule has 0 aliphatic carbocycles. The van der Waals surface area contributed by atoms with Crippen LogP contribution in [0.15, 0.2) is 36.7 Å². The first-order valence-electron chi connectivity index (χ1n) is 7.29. The molecule has 0 fully saturated rings. The van der Waals surface area contributed by atoms with Crippen molar-refractivity contribution in [3.8, 4) is 0 Å². The number of carbonyl (C=O) groups excluding carboxylic acids is 2. The average molecular weight is 298 g/mol. The zero-order valence-corrected chi connectivity index (χ0v) is 12.4. The summed E-state index contributed by atoms with van der Waals surface area (Å²) in [5, 5.41) is 9.76. The molecule has 1 atom stereocenters. The highest BCUT2D eigenvalue weighted by molar-refractivity contribution is 6.00. The third-order valence-electron chi connectivity index (χ3n) is 3.71. The summed E-state index contributed by atoms with van der Waals surface area (Å²) < 4.78 is 1.78. The molecule has 6 heteroatoms. The summed E-state index contributed by atoms with van der Waals surface area (Å²) in [6.45, 7) is 3.06. The Hall–Kier alpha value is -2.63. The van der Waals surface area contributed by atoms with Gasteiger partial charge in [0.05, 0.1) is 12.7 Å². The van der Waals surface area contributed by atoms with E-state index in [4.69, 9.17) is 0 Å². The van der Waals surface area contributed by atoms with Crippen LogP contribution in [0.3, 0.4) is 0 Å². The summed E-state index contributed by atoms with van der Waals surface area (Å²) in [6, 6.07) is 6.86. The van der Waals surface area contributed by atoms with Crippen LogP contribution < -0.4 is 10.6 Å². The Morgan fingerprint density at radius 2 is 2.27 bits per heavy atom. The molecule has 2 N–H and O–H groups in total. The molecule has 0 spiro atoms. The molecule has 1 aliphatic rings. The lowest BCUT2D eigenvalue weighted by molar-refractivity contribution is -0.123. The summed E-state index contributed by atoms with van der Waals surface area (Å²) in [5.41, 5.74) is 2.65. The predicted octanol–water partition coefficient (Wildman–Crippen LogP) is 0.662. The van der Waals surface area contributed by atoms with Crippen LogP contribution in [0.5, 0.6) is 0 Å². The number of nitrogens with zero attached hydrogens (tertiary/aromatic N) is 2.